The van der Waals surface area contributed by atoms with Crippen molar-refractivity contribution >= 4 is 29.2 Å². The van der Waals surface area contributed by atoms with E-state index >= 15 is 0 Å². The molecule has 1 aliphatic carbocycles. The number of benzene rings is 1. The van der Waals surface area contributed by atoms with E-state index in [2.05, 4.69) is 6.92 Å². The van der Waals surface area contributed by atoms with Gasteiger partial charge in [0, 0.05) is 57.1 Å². The summed E-state index contributed by atoms with van der Waals surface area (Å²) in [6.45, 7) is 13.8. The molecular formula is C53H79NO13. The monoisotopic (exact) mass is 938 g/mol. The first-order valence-electron chi connectivity index (χ1n) is 24.8. The van der Waals surface area contributed by atoms with Crippen molar-refractivity contribution in [2.45, 2.75) is 180 Å². The van der Waals surface area contributed by atoms with Crippen LogP contribution in [0.2, 0.25) is 0 Å². The van der Waals surface area contributed by atoms with Gasteiger partial charge in [0.25, 0.3) is 11.7 Å². The molecule has 374 valence electrons. The first-order valence-corrected chi connectivity index (χ1v) is 24.8. The second-order valence-corrected chi connectivity index (χ2v) is 19.9. The van der Waals surface area contributed by atoms with Crippen LogP contribution in [0.3, 0.4) is 0 Å². The number of carbonyl (C=O) groups excluding carboxylic acids is 5. The number of Topliss-reactive ketones (excluding diaryl/α,β-unsaturated/α-hetero) is 3. The molecular weight excluding hydrogens is 859 g/mol. The second-order valence-electron chi connectivity index (χ2n) is 19.9. The summed E-state index contributed by atoms with van der Waals surface area (Å²) in [7, 11) is 3.07. The minimum absolute atomic E-state index is 0.0205. The number of allylic oxidation sites excluding steroid dienone is 3. The first-order chi connectivity index (χ1) is 31.9. The Hall–Kier alpha value is -3.63. The zero-order valence-corrected chi connectivity index (χ0v) is 41.5. The van der Waals surface area contributed by atoms with Crippen LogP contribution in [0.4, 0.5) is 0 Å². The number of rotatable bonds is 12. The molecule has 2 saturated heterocycles. The molecule has 1 aromatic carbocycles. The van der Waals surface area contributed by atoms with E-state index in [1.165, 1.54) is 19.1 Å². The molecule has 3 heterocycles. The summed E-state index contributed by atoms with van der Waals surface area (Å²) < 4.78 is 37.0. The van der Waals surface area contributed by atoms with Gasteiger partial charge in [-0.05, 0) is 102 Å². The molecule has 2 bridgehead atoms. The lowest BCUT2D eigenvalue weighted by atomic mass is 9.81. The van der Waals surface area contributed by atoms with E-state index in [4.69, 9.17) is 28.4 Å². The summed E-state index contributed by atoms with van der Waals surface area (Å²) in [4.78, 5) is 71.5. The number of aliphatic hydroxyl groups is 2. The fourth-order valence-corrected chi connectivity index (χ4v) is 10.7. The number of cyclic esters (lactones) is 1. The minimum atomic E-state index is -2.52. The molecule has 14 heteroatoms. The van der Waals surface area contributed by atoms with E-state index in [-0.39, 0.29) is 68.0 Å². The SMILES string of the molecule is CCCOC1CC(C=C(C)C2OC(=O)C3CCCCN3C(=O)C(=O)C3(O)OC(C(OC)CC(C)C/C(C)=C/C(CC)C(=O)CC(O)C2C)C(OC)CC3C)CCC1OCC(=O)c1ccccc1. The van der Waals surface area contributed by atoms with Crippen LogP contribution in [0.5, 0.6) is 0 Å². The Kier molecular flexibility index (Phi) is 20.5. The lowest BCUT2D eigenvalue weighted by molar-refractivity contribution is -0.302. The van der Waals surface area contributed by atoms with Crippen LogP contribution in [-0.2, 0) is 47.6 Å². The average Bonchev–Trinajstić information content (AvgIpc) is 3.32. The number of ether oxygens (including phenoxy) is 6. The summed E-state index contributed by atoms with van der Waals surface area (Å²) in [5.41, 5.74) is 2.23. The number of fused-ring (bicyclic) bond motifs is 3. The van der Waals surface area contributed by atoms with Crippen LogP contribution in [0.15, 0.2) is 53.6 Å². The molecule has 4 aliphatic rings. The molecule has 5 rings (SSSR count). The number of ketones is 3. The molecule has 1 amide bonds. The highest BCUT2D eigenvalue weighted by Crippen LogP contribution is 2.39. The van der Waals surface area contributed by atoms with Crippen molar-refractivity contribution in [1.82, 2.24) is 4.90 Å². The van der Waals surface area contributed by atoms with Crippen LogP contribution in [0.1, 0.15) is 136 Å². The molecule has 3 fully saturated rings. The highest BCUT2D eigenvalue weighted by molar-refractivity contribution is 6.39. The number of piperidine rings is 1. The van der Waals surface area contributed by atoms with Gasteiger partial charge in [-0.15, -0.1) is 0 Å². The lowest BCUT2D eigenvalue weighted by Crippen LogP contribution is -2.64. The Morgan fingerprint density at radius 2 is 1.60 bits per heavy atom. The van der Waals surface area contributed by atoms with Crippen LogP contribution >= 0.6 is 0 Å². The van der Waals surface area contributed by atoms with Crippen molar-refractivity contribution in [1.29, 1.82) is 0 Å². The van der Waals surface area contributed by atoms with Gasteiger partial charge in [-0.25, -0.2) is 4.79 Å². The van der Waals surface area contributed by atoms with Gasteiger partial charge < -0.3 is 43.5 Å². The van der Waals surface area contributed by atoms with Crippen molar-refractivity contribution in [3.8, 4) is 0 Å². The molecule has 14 unspecified atom stereocenters. The minimum Gasteiger partial charge on any atom is -0.456 e. The van der Waals surface area contributed by atoms with E-state index in [1.807, 2.05) is 58.0 Å². The van der Waals surface area contributed by atoms with Gasteiger partial charge in [0.2, 0.25) is 5.79 Å². The molecule has 14 nitrogen and oxygen atoms in total. The fraction of sp³-hybridized carbons (Fsp3) is 0.717. The van der Waals surface area contributed by atoms with Crippen LogP contribution in [0.25, 0.3) is 0 Å². The molecule has 0 spiro atoms. The highest BCUT2D eigenvalue weighted by atomic mass is 16.7. The second kappa shape index (κ2) is 25.3. The Morgan fingerprint density at radius 1 is 0.896 bits per heavy atom. The number of aliphatic hydroxyl groups excluding tert-OH is 1. The first kappa shape index (κ1) is 54.3. The number of esters is 1. The topological polar surface area (TPSA) is 184 Å². The summed E-state index contributed by atoms with van der Waals surface area (Å²) in [5.74, 6) is -7.78. The molecule has 0 aromatic heterocycles. The summed E-state index contributed by atoms with van der Waals surface area (Å²) >= 11 is 0. The third-order valence-corrected chi connectivity index (χ3v) is 14.6. The standard InChI is InChI=1S/C53H79NO13/c1-10-23-64-45-29-37(20-21-44(45)65-31-43(57)39-17-13-12-14-18-39)27-34(5)48-36(7)41(55)30-42(56)38(11-2)25-32(3)24-33(4)26-46(62-8)49-47(63-9)28-35(6)53(61,67-49)50(58)51(59)54-22-16-15-19-40(54)52(60)66-48/h12-14,17-18,25,27,33,35-38,40-41,44-49,55,61H,10-11,15-16,19-24,26,28-31H2,1-9H3/b32-25+,34-27?. The summed E-state index contributed by atoms with van der Waals surface area (Å²) in [6.07, 6.45) is 4.79. The molecule has 2 N–H and O–H groups in total. The number of carbonyl (C=O) groups is 5. The third kappa shape index (κ3) is 13.8. The predicted molar refractivity (Wildman–Crippen MR) is 252 cm³/mol. The Morgan fingerprint density at radius 3 is 2.27 bits per heavy atom. The smallest absolute Gasteiger partial charge is 0.329 e. The molecule has 3 aliphatic heterocycles. The Bertz CT molecular complexity index is 1880. The molecule has 1 saturated carbocycles. The number of hydrogen-bond acceptors (Lipinski definition) is 13. The number of nitrogens with zero attached hydrogens (tertiary/aromatic N) is 1. The largest absolute Gasteiger partial charge is 0.456 e. The van der Waals surface area contributed by atoms with Crippen LogP contribution < -0.4 is 0 Å². The highest BCUT2D eigenvalue weighted by Gasteiger charge is 2.56. The molecule has 67 heavy (non-hydrogen) atoms. The van der Waals surface area contributed by atoms with Crippen LogP contribution in [-0.4, -0.2) is 133 Å². The maximum absolute atomic E-state index is 14.6. The number of amides is 1. The lowest BCUT2D eigenvalue weighted by Gasteiger charge is -2.47. The van der Waals surface area contributed by atoms with Crippen molar-refractivity contribution in [3.63, 3.8) is 0 Å². The van der Waals surface area contributed by atoms with Gasteiger partial charge in [0.1, 0.15) is 30.6 Å². The van der Waals surface area contributed by atoms with Crippen molar-refractivity contribution in [2.24, 2.45) is 29.6 Å². The zero-order valence-electron chi connectivity index (χ0n) is 41.5. The predicted octanol–water partition coefficient (Wildman–Crippen LogP) is 7.16. The van der Waals surface area contributed by atoms with Gasteiger partial charge in [-0.2, -0.15) is 0 Å². The normalized spacial score (nSPS) is 36.6. The third-order valence-electron chi connectivity index (χ3n) is 14.6. The maximum Gasteiger partial charge on any atom is 0.329 e. The summed E-state index contributed by atoms with van der Waals surface area (Å²) in [6, 6.07) is 7.88. The van der Waals surface area contributed by atoms with Gasteiger partial charge in [0.15, 0.2) is 5.78 Å². The number of methoxy groups -OCH3 is 2. The fourth-order valence-electron chi connectivity index (χ4n) is 10.7. The van der Waals surface area contributed by atoms with Gasteiger partial charge in [0.05, 0.1) is 30.5 Å². The van der Waals surface area contributed by atoms with E-state index < -0.39 is 77.8 Å². The zero-order chi connectivity index (χ0) is 49.0. The molecule has 0 radical (unpaired) electrons. The quantitative estimate of drug-likeness (QED) is 0.0933. The van der Waals surface area contributed by atoms with E-state index in [1.54, 1.807) is 26.0 Å². The molecule has 14 atom stereocenters. The van der Waals surface area contributed by atoms with Gasteiger partial charge in [-0.1, -0.05) is 82.7 Å². The van der Waals surface area contributed by atoms with Gasteiger partial charge in [-0.3, -0.25) is 19.2 Å². The van der Waals surface area contributed by atoms with E-state index in [0.717, 1.165) is 12.0 Å². The molecule has 1 aromatic rings. The van der Waals surface area contributed by atoms with Crippen molar-refractivity contribution in [3.05, 3.63) is 59.2 Å². The van der Waals surface area contributed by atoms with Crippen molar-refractivity contribution in [2.75, 3.05) is 34.0 Å². The Labute approximate surface area is 398 Å². The maximum atomic E-state index is 14.6. The Balaban J connectivity index is 1.47. The van der Waals surface area contributed by atoms with Gasteiger partial charge >= 0.3 is 5.97 Å². The summed E-state index contributed by atoms with van der Waals surface area (Å²) in [5, 5.41) is 24.0. The van der Waals surface area contributed by atoms with E-state index in [0.29, 0.717) is 69.1 Å². The van der Waals surface area contributed by atoms with E-state index in [9.17, 15) is 34.2 Å². The number of hydrogen-bond donors (Lipinski definition) is 2. The van der Waals surface area contributed by atoms with Crippen LogP contribution in [0, 0.1) is 29.6 Å². The van der Waals surface area contributed by atoms with Crippen molar-refractivity contribution < 1.29 is 62.6 Å². The average molecular weight is 938 g/mol.